The molecule has 1 unspecified atom stereocenters. The van der Waals surface area contributed by atoms with Gasteiger partial charge < -0.3 is 10.6 Å². The standard InChI is InChI=1S/C11H16N4O2/c1-6-10(7(2)15-14-6)11(17)12-5-8-3-4-9(16)13-8/h8H,3-5H2,1-2H3,(H,12,17)(H,13,16)(H,14,15). The zero-order chi connectivity index (χ0) is 12.4. The Bertz CT molecular complexity index is 433. The first-order chi connectivity index (χ1) is 8.08. The van der Waals surface area contributed by atoms with Crippen molar-refractivity contribution in [3.63, 3.8) is 0 Å². The van der Waals surface area contributed by atoms with E-state index < -0.39 is 0 Å². The van der Waals surface area contributed by atoms with Crippen LogP contribution < -0.4 is 10.6 Å². The van der Waals surface area contributed by atoms with E-state index in [4.69, 9.17) is 0 Å². The maximum atomic E-state index is 11.9. The second-order valence-corrected chi connectivity index (χ2v) is 4.32. The molecule has 0 aromatic carbocycles. The number of hydrogen-bond donors (Lipinski definition) is 3. The molecule has 1 aliphatic rings. The Labute approximate surface area is 99.2 Å². The minimum atomic E-state index is -0.144. The van der Waals surface area contributed by atoms with Crippen LogP contribution in [0.2, 0.25) is 0 Å². The van der Waals surface area contributed by atoms with Crippen LogP contribution in [0.15, 0.2) is 0 Å². The normalized spacial score (nSPS) is 19.2. The van der Waals surface area contributed by atoms with E-state index >= 15 is 0 Å². The fourth-order valence-corrected chi connectivity index (χ4v) is 2.02. The Balaban J connectivity index is 1.92. The molecule has 92 valence electrons. The molecule has 0 spiro atoms. The van der Waals surface area contributed by atoms with Crippen LogP contribution in [0.3, 0.4) is 0 Å². The maximum Gasteiger partial charge on any atom is 0.255 e. The largest absolute Gasteiger partial charge is 0.352 e. The second kappa shape index (κ2) is 4.57. The number of nitrogens with one attached hydrogen (secondary N) is 3. The molecule has 17 heavy (non-hydrogen) atoms. The monoisotopic (exact) mass is 236 g/mol. The number of aryl methyl sites for hydroxylation is 2. The lowest BCUT2D eigenvalue weighted by molar-refractivity contribution is -0.119. The van der Waals surface area contributed by atoms with Crippen molar-refractivity contribution in [1.82, 2.24) is 20.8 Å². The molecule has 0 aliphatic carbocycles. The molecule has 1 aliphatic heterocycles. The van der Waals surface area contributed by atoms with Crippen LogP contribution in [-0.4, -0.2) is 34.6 Å². The summed E-state index contributed by atoms with van der Waals surface area (Å²) in [5.41, 5.74) is 2.04. The third-order valence-corrected chi connectivity index (χ3v) is 2.95. The first-order valence-corrected chi connectivity index (χ1v) is 5.67. The van der Waals surface area contributed by atoms with Gasteiger partial charge in [0.1, 0.15) is 0 Å². The molecule has 0 bridgehead atoms. The van der Waals surface area contributed by atoms with Crippen molar-refractivity contribution in [2.75, 3.05) is 6.54 Å². The van der Waals surface area contributed by atoms with Gasteiger partial charge in [-0.25, -0.2) is 0 Å². The van der Waals surface area contributed by atoms with Gasteiger partial charge in [0.05, 0.1) is 11.3 Å². The molecular weight excluding hydrogens is 220 g/mol. The van der Waals surface area contributed by atoms with Crippen molar-refractivity contribution >= 4 is 11.8 Å². The van der Waals surface area contributed by atoms with Crippen LogP contribution >= 0.6 is 0 Å². The topological polar surface area (TPSA) is 86.9 Å². The number of nitrogens with zero attached hydrogens (tertiary/aromatic N) is 1. The van der Waals surface area contributed by atoms with Gasteiger partial charge in [0.15, 0.2) is 0 Å². The Morgan fingerprint density at radius 3 is 2.82 bits per heavy atom. The quantitative estimate of drug-likeness (QED) is 0.692. The highest BCUT2D eigenvalue weighted by Crippen LogP contribution is 2.09. The van der Waals surface area contributed by atoms with Crippen LogP contribution in [0.25, 0.3) is 0 Å². The van der Waals surface area contributed by atoms with E-state index in [9.17, 15) is 9.59 Å². The number of aromatic amines is 1. The lowest BCUT2D eigenvalue weighted by Crippen LogP contribution is -2.38. The van der Waals surface area contributed by atoms with Gasteiger partial charge >= 0.3 is 0 Å². The summed E-state index contributed by atoms with van der Waals surface area (Å²) >= 11 is 0. The molecule has 2 rings (SSSR count). The number of hydrogen-bond acceptors (Lipinski definition) is 3. The van der Waals surface area contributed by atoms with E-state index in [-0.39, 0.29) is 17.9 Å². The van der Waals surface area contributed by atoms with Crippen LogP contribution in [0.4, 0.5) is 0 Å². The van der Waals surface area contributed by atoms with Crippen molar-refractivity contribution in [3.8, 4) is 0 Å². The SMILES string of the molecule is Cc1n[nH]c(C)c1C(=O)NCC1CCC(=O)N1. The van der Waals surface area contributed by atoms with Crippen LogP contribution in [-0.2, 0) is 4.79 Å². The van der Waals surface area contributed by atoms with Gasteiger partial charge in [-0.2, -0.15) is 5.10 Å². The van der Waals surface area contributed by atoms with Crippen molar-refractivity contribution < 1.29 is 9.59 Å². The minimum absolute atomic E-state index is 0.0546. The first kappa shape index (κ1) is 11.6. The number of H-pyrrole nitrogens is 1. The van der Waals surface area contributed by atoms with Crippen LogP contribution in [0, 0.1) is 13.8 Å². The Morgan fingerprint density at radius 1 is 1.53 bits per heavy atom. The van der Waals surface area contributed by atoms with Gasteiger partial charge in [-0.15, -0.1) is 0 Å². The van der Waals surface area contributed by atoms with Crippen molar-refractivity contribution in [2.24, 2.45) is 0 Å². The molecule has 6 nitrogen and oxygen atoms in total. The highest BCUT2D eigenvalue weighted by molar-refractivity contribution is 5.96. The second-order valence-electron chi connectivity index (χ2n) is 4.32. The third kappa shape index (κ3) is 2.46. The fraction of sp³-hybridized carbons (Fsp3) is 0.545. The first-order valence-electron chi connectivity index (χ1n) is 5.67. The molecule has 1 atom stereocenters. The molecule has 0 saturated carbocycles. The predicted molar refractivity (Wildman–Crippen MR) is 61.6 cm³/mol. The number of carbonyl (C=O) groups excluding carboxylic acids is 2. The molecule has 3 N–H and O–H groups in total. The van der Waals surface area contributed by atoms with Gasteiger partial charge in [0.2, 0.25) is 5.91 Å². The third-order valence-electron chi connectivity index (χ3n) is 2.95. The molecule has 2 heterocycles. The highest BCUT2D eigenvalue weighted by Gasteiger charge is 2.22. The predicted octanol–water partition coefficient (Wildman–Crippen LogP) is 0.0349. The van der Waals surface area contributed by atoms with E-state index in [0.717, 1.165) is 12.1 Å². The summed E-state index contributed by atoms with van der Waals surface area (Å²) < 4.78 is 0. The van der Waals surface area contributed by atoms with Crippen molar-refractivity contribution in [1.29, 1.82) is 0 Å². The zero-order valence-electron chi connectivity index (χ0n) is 9.96. The van der Waals surface area contributed by atoms with E-state index in [1.165, 1.54) is 0 Å². The van der Waals surface area contributed by atoms with E-state index in [1.54, 1.807) is 6.92 Å². The molecule has 1 aromatic rings. The lowest BCUT2D eigenvalue weighted by atomic mass is 10.1. The average Bonchev–Trinajstić information content (AvgIpc) is 2.83. The molecule has 2 amide bonds. The molecule has 1 aromatic heterocycles. The smallest absolute Gasteiger partial charge is 0.255 e. The van der Waals surface area contributed by atoms with Crippen LogP contribution in [0.5, 0.6) is 0 Å². The Morgan fingerprint density at radius 2 is 2.29 bits per heavy atom. The van der Waals surface area contributed by atoms with Crippen LogP contribution in [0.1, 0.15) is 34.6 Å². The number of amides is 2. The van der Waals surface area contributed by atoms with Gasteiger partial charge in [0, 0.05) is 24.7 Å². The summed E-state index contributed by atoms with van der Waals surface area (Å²) in [6.07, 6.45) is 1.33. The Kier molecular flexibility index (Phi) is 3.12. The summed E-state index contributed by atoms with van der Waals surface area (Å²) in [5, 5.41) is 12.4. The number of aromatic nitrogens is 2. The van der Waals surface area contributed by atoms with E-state index in [0.29, 0.717) is 24.2 Å². The zero-order valence-corrected chi connectivity index (χ0v) is 9.96. The van der Waals surface area contributed by atoms with E-state index in [1.807, 2.05) is 6.92 Å². The molecule has 1 saturated heterocycles. The number of rotatable bonds is 3. The van der Waals surface area contributed by atoms with Gasteiger partial charge in [0.25, 0.3) is 5.91 Å². The maximum absolute atomic E-state index is 11.9. The van der Waals surface area contributed by atoms with Crippen molar-refractivity contribution in [3.05, 3.63) is 17.0 Å². The summed E-state index contributed by atoms with van der Waals surface area (Å²) in [5.74, 6) is -0.0881. The molecule has 6 heteroatoms. The fourth-order valence-electron chi connectivity index (χ4n) is 2.02. The summed E-state index contributed by atoms with van der Waals surface area (Å²) in [6.45, 7) is 4.07. The van der Waals surface area contributed by atoms with E-state index in [2.05, 4.69) is 20.8 Å². The summed E-state index contributed by atoms with van der Waals surface area (Å²) in [7, 11) is 0. The summed E-state index contributed by atoms with van der Waals surface area (Å²) in [6, 6.07) is 0.0546. The van der Waals surface area contributed by atoms with Gasteiger partial charge in [-0.3, -0.25) is 14.7 Å². The van der Waals surface area contributed by atoms with Gasteiger partial charge in [-0.05, 0) is 20.3 Å². The number of carbonyl (C=O) groups is 2. The minimum Gasteiger partial charge on any atom is -0.352 e. The lowest BCUT2D eigenvalue weighted by Gasteiger charge is -2.11. The molecule has 0 radical (unpaired) electrons. The highest BCUT2D eigenvalue weighted by atomic mass is 16.2. The molecular formula is C11H16N4O2. The summed E-state index contributed by atoms with van der Waals surface area (Å²) in [4.78, 5) is 22.9. The van der Waals surface area contributed by atoms with Crippen molar-refractivity contribution in [2.45, 2.75) is 32.7 Å². The van der Waals surface area contributed by atoms with Gasteiger partial charge in [-0.1, -0.05) is 0 Å². The Hall–Kier alpha value is -1.85. The molecule has 1 fully saturated rings. The average molecular weight is 236 g/mol.